The zero-order chi connectivity index (χ0) is 21.3. The second-order valence-electron chi connectivity index (χ2n) is 6.78. The van der Waals surface area contributed by atoms with Crippen molar-refractivity contribution in [2.24, 2.45) is 0 Å². The van der Waals surface area contributed by atoms with Gasteiger partial charge in [0, 0.05) is 12.4 Å². The molecule has 9 nitrogen and oxygen atoms in total. The largest absolute Gasteiger partial charge is 0.382 e. The van der Waals surface area contributed by atoms with Gasteiger partial charge in [0.15, 0.2) is 0 Å². The molecule has 4 rings (SSSR count). The highest BCUT2D eigenvalue weighted by atomic mass is 16.1. The van der Waals surface area contributed by atoms with Gasteiger partial charge in [0.05, 0.1) is 23.0 Å². The van der Waals surface area contributed by atoms with Crippen LogP contribution in [0, 0.1) is 18.3 Å². The molecule has 30 heavy (non-hydrogen) atoms. The average molecular weight is 398 g/mol. The number of nitrogen functional groups attached to an aromatic ring is 1. The van der Waals surface area contributed by atoms with Crippen LogP contribution in [0.5, 0.6) is 0 Å². The van der Waals surface area contributed by atoms with Gasteiger partial charge in [0.1, 0.15) is 35.2 Å². The zero-order valence-electron chi connectivity index (χ0n) is 16.4. The van der Waals surface area contributed by atoms with Crippen molar-refractivity contribution >= 4 is 17.3 Å². The van der Waals surface area contributed by atoms with E-state index in [-0.39, 0.29) is 22.8 Å². The lowest BCUT2D eigenvalue weighted by Gasteiger charge is -2.19. The summed E-state index contributed by atoms with van der Waals surface area (Å²) in [7, 11) is 0. The zero-order valence-corrected chi connectivity index (χ0v) is 16.4. The van der Waals surface area contributed by atoms with Crippen molar-refractivity contribution in [2.45, 2.75) is 19.9 Å². The number of nitrogens with two attached hydrogens (primary N) is 1. The third-order valence-corrected chi connectivity index (χ3v) is 4.69. The lowest BCUT2D eigenvalue weighted by Crippen LogP contribution is -2.23. The molecule has 0 spiro atoms. The summed E-state index contributed by atoms with van der Waals surface area (Å²) in [6.07, 6.45) is 4.60. The molecule has 0 fully saturated rings. The van der Waals surface area contributed by atoms with E-state index in [0.717, 1.165) is 5.56 Å². The highest BCUT2D eigenvalue weighted by Gasteiger charge is 2.22. The fourth-order valence-corrected chi connectivity index (χ4v) is 3.23. The van der Waals surface area contributed by atoms with Gasteiger partial charge in [0.25, 0.3) is 5.56 Å². The van der Waals surface area contributed by atoms with Crippen LogP contribution < -0.4 is 16.6 Å². The maximum Gasteiger partial charge on any atom is 0.267 e. The van der Waals surface area contributed by atoms with Gasteiger partial charge in [-0.2, -0.15) is 5.26 Å². The summed E-state index contributed by atoms with van der Waals surface area (Å²) >= 11 is 0. The van der Waals surface area contributed by atoms with Crippen LogP contribution in [0.4, 0.5) is 11.6 Å². The molecule has 4 heterocycles. The lowest BCUT2D eigenvalue weighted by molar-refractivity contribution is 0.820. The first-order valence-corrected chi connectivity index (χ1v) is 9.21. The molecule has 4 aromatic heterocycles. The molecule has 0 saturated carbocycles. The Morgan fingerprint density at radius 3 is 2.83 bits per heavy atom. The number of fused-ring (bicyclic) bond motifs is 1. The second kappa shape index (κ2) is 7.60. The monoisotopic (exact) mass is 398 g/mol. The first-order valence-electron chi connectivity index (χ1n) is 9.21. The Morgan fingerprint density at radius 2 is 2.07 bits per heavy atom. The first-order chi connectivity index (χ1) is 14.5. The number of anilines is 2. The van der Waals surface area contributed by atoms with Gasteiger partial charge < -0.3 is 11.1 Å². The molecule has 0 aliphatic rings. The molecule has 0 saturated heterocycles. The fraction of sp³-hybridized carbons (Fsp3) is 0.143. The molecule has 4 aromatic rings. The average Bonchev–Trinajstić information content (AvgIpc) is 2.74. The second-order valence-corrected chi connectivity index (χ2v) is 6.78. The third-order valence-electron chi connectivity index (χ3n) is 4.69. The van der Waals surface area contributed by atoms with Crippen molar-refractivity contribution in [3.8, 4) is 17.3 Å². The number of aromatic nitrogens is 5. The molecule has 1 atom stereocenters. The third kappa shape index (κ3) is 3.31. The van der Waals surface area contributed by atoms with Gasteiger partial charge in [-0.05, 0) is 43.7 Å². The molecule has 0 radical (unpaired) electrons. The van der Waals surface area contributed by atoms with Gasteiger partial charge in [-0.3, -0.25) is 14.2 Å². The first kappa shape index (κ1) is 19.0. The summed E-state index contributed by atoms with van der Waals surface area (Å²) < 4.78 is 1.49. The van der Waals surface area contributed by atoms with Crippen molar-refractivity contribution in [2.75, 3.05) is 11.1 Å². The number of aryl methyl sites for hydroxylation is 1. The minimum Gasteiger partial charge on any atom is -0.382 e. The smallest absolute Gasteiger partial charge is 0.267 e. The molecule has 0 aliphatic carbocycles. The van der Waals surface area contributed by atoms with Gasteiger partial charge in [-0.15, -0.1) is 0 Å². The van der Waals surface area contributed by atoms with Crippen molar-refractivity contribution in [1.29, 1.82) is 5.26 Å². The Labute approximate surface area is 171 Å². The minimum atomic E-state index is -0.471. The summed E-state index contributed by atoms with van der Waals surface area (Å²) in [4.78, 5) is 30.4. The summed E-state index contributed by atoms with van der Waals surface area (Å²) in [5.41, 5.74) is 8.57. The van der Waals surface area contributed by atoms with E-state index < -0.39 is 6.04 Å². The van der Waals surface area contributed by atoms with Gasteiger partial charge in [0.2, 0.25) is 0 Å². The van der Waals surface area contributed by atoms with Crippen LogP contribution in [0.1, 0.15) is 29.8 Å². The van der Waals surface area contributed by atoms with E-state index in [0.29, 0.717) is 22.6 Å². The fourth-order valence-electron chi connectivity index (χ4n) is 3.23. The van der Waals surface area contributed by atoms with E-state index >= 15 is 0 Å². The SMILES string of the molecule is Cc1ccnc(-c2c([C@H](C)Nc3ncnc(N)c3C#N)nc3ccccn3c2=O)c1. The topological polar surface area (TPSA) is 135 Å². The molecule has 0 aromatic carbocycles. The van der Waals surface area contributed by atoms with Crippen molar-refractivity contribution < 1.29 is 0 Å². The van der Waals surface area contributed by atoms with Crippen LogP contribution in [-0.2, 0) is 0 Å². The van der Waals surface area contributed by atoms with Crippen LogP contribution in [0.2, 0.25) is 0 Å². The van der Waals surface area contributed by atoms with E-state index in [9.17, 15) is 10.1 Å². The molecule has 0 bridgehead atoms. The summed E-state index contributed by atoms with van der Waals surface area (Å²) in [6, 6.07) is 10.6. The standard InChI is InChI=1S/C21H18N8O/c1-12-6-7-24-15(9-12)17-18(28-16-5-3-4-8-29(16)21(17)30)13(2)27-20-14(10-22)19(23)25-11-26-20/h3-9,11,13H,1-2H3,(H3,23,25,26,27)/t13-/m0/s1. The summed E-state index contributed by atoms with van der Waals surface area (Å²) in [5.74, 6) is 0.352. The number of nitrogens with zero attached hydrogens (tertiary/aromatic N) is 6. The Hall–Kier alpha value is -4.32. The molecular weight excluding hydrogens is 380 g/mol. The molecule has 0 aliphatic heterocycles. The number of hydrogen-bond donors (Lipinski definition) is 2. The van der Waals surface area contributed by atoms with E-state index in [1.165, 1.54) is 10.7 Å². The van der Waals surface area contributed by atoms with Crippen LogP contribution >= 0.6 is 0 Å². The molecular formula is C21H18N8O. The van der Waals surface area contributed by atoms with E-state index in [1.807, 2.05) is 38.1 Å². The minimum absolute atomic E-state index is 0.0781. The predicted molar refractivity (Wildman–Crippen MR) is 113 cm³/mol. The number of hydrogen-bond acceptors (Lipinski definition) is 8. The van der Waals surface area contributed by atoms with Crippen LogP contribution in [0.3, 0.4) is 0 Å². The Kier molecular flexibility index (Phi) is 4.82. The van der Waals surface area contributed by atoms with Gasteiger partial charge >= 0.3 is 0 Å². The molecule has 148 valence electrons. The Morgan fingerprint density at radius 1 is 1.23 bits per heavy atom. The normalized spacial score (nSPS) is 11.8. The highest BCUT2D eigenvalue weighted by molar-refractivity contribution is 5.67. The van der Waals surface area contributed by atoms with Gasteiger partial charge in [-0.25, -0.2) is 15.0 Å². The quantitative estimate of drug-likeness (QED) is 0.535. The van der Waals surface area contributed by atoms with Crippen molar-refractivity contribution in [1.82, 2.24) is 24.3 Å². The molecule has 0 amide bonds. The lowest BCUT2D eigenvalue weighted by atomic mass is 10.0. The van der Waals surface area contributed by atoms with Crippen molar-refractivity contribution in [3.63, 3.8) is 0 Å². The number of pyridine rings is 2. The number of nitrogens with one attached hydrogen (secondary N) is 1. The van der Waals surface area contributed by atoms with E-state index in [2.05, 4.69) is 20.3 Å². The van der Waals surface area contributed by atoms with Crippen LogP contribution in [0.15, 0.2) is 53.8 Å². The predicted octanol–water partition coefficient (Wildman–Crippen LogP) is 2.48. The summed E-state index contributed by atoms with van der Waals surface area (Å²) in [6.45, 7) is 3.77. The number of rotatable bonds is 4. The maximum atomic E-state index is 13.4. The van der Waals surface area contributed by atoms with Gasteiger partial charge in [-0.1, -0.05) is 6.07 Å². The summed E-state index contributed by atoms with van der Waals surface area (Å²) in [5, 5.41) is 12.5. The maximum absolute atomic E-state index is 13.4. The van der Waals surface area contributed by atoms with E-state index in [1.54, 1.807) is 24.5 Å². The van der Waals surface area contributed by atoms with Crippen molar-refractivity contribution in [3.05, 3.63) is 76.2 Å². The molecule has 3 N–H and O–H groups in total. The highest BCUT2D eigenvalue weighted by Crippen LogP contribution is 2.27. The molecule has 0 unspecified atom stereocenters. The Bertz CT molecular complexity index is 1360. The van der Waals surface area contributed by atoms with Crippen LogP contribution in [-0.4, -0.2) is 24.3 Å². The number of nitriles is 1. The van der Waals surface area contributed by atoms with E-state index in [4.69, 9.17) is 10.7 Å². The Balaban J connectivity index is 1.92. The van der Waals surface area contributed by atoms with Crippen LogP contribution in [0.25, 0.3) is 16.9 Å². The molecule has 9 heteroatoms.